The highest BCUT2D eigenvalue weighted by Gasteiger charge is 2.06. The summed E-state index contributed by atoms with van der Waals surface area (Å²) in [5.74, 6) is 6.69. The van der Waals surface area contributed by atoms with E-state index in [9.17, 15) is 0 Å². The zero-order valence-corrected chi connectivity index (χ0v) is 14.2. The van der Waals surface area contributed by atoms with E-state index in [-0.39, 0.29) is 0 Å². The first-order chi connectivity index (χ1) is 11.0. The van der Waals surface area contributed by atoms with Crippen LogP contribution in [0, 0.1) is 11.8 Å². The van der Waals surface area contributed by atoms with Crippen molar-refractivity contribution in [2.45, 2.75) is 89.9 Å². The normalized spacial score (nSPS) is 25.1. The molecule has 2 aliphatic carbocycles. The van der Waals surface area contributed by atoms with E-state index in [1.165, 1.54) is 77.0 Å². The molecule has 22 heavy (non-hydrogen) atoms. The average Bonchev–Trinajstić information content (AvgIpc) is 2.54. The second kappa shape index (κ2) is 11.4. The lowest BCUT2D eigenvalue weighted by Crippen LogP contribution is -1.95. The highest BCUT2D eigenvalue weighted by molar-refractivity contribution is 5.21. The van der Waals surface area contributed by atoms with Crippen LogP contribution in [0.3, 0.4) is 0 Å². The van der Waals surface area contributed by atoms with E-state index in [1.54, 1.807) is 11.1 Å². The molecule has 0 amide bonds. The molecule has 0 saturated heterocycles. The lowest BCUT2D eigenvalue weighted by atomic mass is 9.91. The van der Waals surface area contributed by atoms with E-state index in [2.05, 4.69) is 36.1 Å². The molecule has 120 valence electrons. The summed E-state index contributed by atoms with van der Waals surface area (Å²) in [5.41, 5.74) is 3.48. The summed E-state index contributed by atoms with van der Waals surface area (Å²) in [6, 6.07) is 0. The second-order valence-electron chi connectivity index (χ2n) is 6.61. The van der Waals surface area contributed by atoms with Gasteiger partial charge in [-0.25, -0.2) is 0 Å². The van der Waals surface area contributed by atoms with Gasteiger partial charge in [0, 0.05) is 12.8 Å². The summed E-state index contributed by atoms with van der Waals surface area (Å²) in [5, 5.41) is 0. The van der Waals surface area contributed by atoms with Crippen molar-refractivity contribution in [3.8, 4) is 11.8 Å². The first-order valence-electron chi connectivity index (χ1n) is 9.42. The first-order valence-corrected chi connectivity index (χ1v) is 9.42. The van der Waals surface area contributed by atoms with Crippen LogP contribution in [0.15, 0.2) is 35.5 Å². The van der Waals surface area contributed by atoms with E-state index >= 15 is 0 Å². The highest BCUT2D eigenvalue weighted by atomic mass is 14.1. The van der Waals surface area contributed by atoms with Crippen molar-refractivity contribution in [2.24, 2.45) is 0 Å². The predicted molar refractivity (Wildman–Crippen MR) is 97.7 cm³/mol. The average molecular weight is 296 g/mol. The number of rotatable bonds is 0. The Hall–Kier alpha value is -1.22. The van der Waals surface area contributed by atoms with Crippen molar-refractivity contribution in [2.75, 3.05) is 0 Å². The largest absolute Gasteiger partial charge is 0.103 e. The van der Waals surface area contributed by atoms with Gasteiger partial charge in [0.05, 0.1) is 0 Å². The van der Waals surface area contributed by atoms with Crippen molar-refractivity contribution >= 4 is 0 Å². The first kappa shape index (κ1) is 17.1. The van der Waals surface area contributed by atoms with Crippen LogP contribution in [0.1, 0.15) is 89.9 Å². The van der Waals surface area contributed by atoms with Crippen molar-refractivity contribution in [3.63, 3.8) is 0 Å². The van der Waals surface area contributed by atoms with E-state index in [4.69, 9.17) is 0 Å². The third kappa shape index (κ3) is 7.17. The molecule has 0 atom stereocenters. The van der Waals surface area contributed by atoms with Crippen molar-refractivity contribution < 1.29 is 0 Å². The second-order valence-corrected chi connectivity index (χ2v) is 6.61. The maximum absolute atomic E-state index is 3.35. The van der Waals surface area contributed by atoms with Gasteiger partial charge in [-0.3, -0.25) is 0 Å². The monoisotopic (exact) mass is 296 g/mol. The van der Waals surface area contributed by atoms with Gasteiger partial charge in [0.15, 0.2) is 0 Å². The summed E-state index contributed by atoms with van der Waals surface area (Å²) in [6.45, 7) is 0. The Morgan fingerprint density at radius 1 is 0.545 bits per heavy atom. The van der Waals surface area contributed by atoms with Crippen LogP contribution in [-0.2, 0) is 0 Å². The van der Waals surface area contributed by atoms with Crippen LogP contribution < -0.4 is 0 Å². The summed E-state index contributed by atoms with van der Waals surface area (Å²) >= 11 is 0. The zero-order valence-electron chi connectivity index (χ0n) is 14.2. The van der Waals surface area contributed by atoms with Gasteiger partial charge in [-0.15, -0.1) is 11.8 Å². The number of hydrogen-bond donors (Lipinski definition) is 0. The summed E-state index contributed by atoms with van der Waals surface area (Å²) in [7, 11) is 0. The molecule has 0 N–H and O–H groups in total. The highest BCUT2D eigenvalue weighted by Crippen LogP contribution is 2.26. The van der Waals surface area contributed by atoms with Crippen LogP contribution in [-0.4, -0.2) is 0 Å². The topological polar surface area (TPSA) is 0 Å². The summed E-state index contributed by atoms with van der Waals surface area (Å²) < 4.78 is 0. The van der Waals surface area contributed by atoms with Crippen LogP contribution in [0.4, 0.5) is 0 Å². The molecule has 2 rings (SSSR count). The van der Waals surface area contributed by atoms with Gasteiger partial charge in [-0.05, 0) is 64.2 Å². The molecule has 0 spiro atoms. The fourth-order valence-electron chi connectivity index (χ4n) is 3.36. The lowest BCUT2D eigenvalue weighted by Gasteiger charge is -2.15. The Labute approximate surface area is 137 Å². The molecule has 0 heterocycles. The number of allylic oxidation sites excluding steroid dienone is 6. The maximum Gasteiger partial charge on any atom is 0.00886 e. The molecular formula is C22H32. The standard InChI is InChI=1S/C22H32/c1-2-4-6-10-14-18-22-20-16-12-8-7-11-15-19-21(22)17-13-9-5-3-1/h11-12,15-16H,3-10,13-14,17-20H2/b15-11-,16-12-,22-21?. The van der Waals surface area contributed by atoms with Crippen molar-refractivity contribution in [1.82, 2.24) is 0 Å². The molecule has 0 aliphatic heterocycles. The Morgan fingerprint density at radius 2 is 1.05 bits per heavy atom. The third-order valence-electron chi connectivity index (χ3n) is 4.75. The fraction of sp³-hybridized carbons (Fsp3) is 0.636. The Kier molecular flexibility index (Phi) is 8.85. The minimum absolute atomic E-state index is 1.11. The van der Waals surface area contributed by atoms with Gasteiger partial charge in [0.1, 0.15) is 0 Å². The smallest absolute Gasteiger partial charge is 0.00886 e. The molecule has 0 bridgehead atoms. The minimum Gasteiger partial charge on any atom is -0.103 e. The van der Waals surface area contributed by atoms with Crippen LogP contribution in [0.5, 0.6) is 0 Å². The zero-order chi connectivity index (χ0) is 15.3. The fourth-order valence-corrected chi connectivity index (χ4v) is 3.36. The molecule has 0 unspecified atom stereocenters. The molecule has 0 aromatic carbocycles. The van der Waals surface area contributed by atoms with Gasteiger partial charge in [0.2, 0.25) is 0 Å². The van der Waals surface area contributed by atoms with E-state index in [0.717, 1.165) is 12.8 Å². The Morgan fingerprint density at radius 3 is 1.55 bits per heavy atom. The lowest BCUT2D eigenvalue weighted by molar-refractivity contribution is 0.652. The molecule has 0 radical (unpaired) electrons. The van der Waals surface area contributed by atoms with Crippen LogP contribution in [0.25, 0.3) is 0 Å². The molecule has 0 nitrogen and oxygen atoms in total. The van der Waals surface area contributed by atoms with Gasteiger partial charge in [0.25, 0.3) is 0 Å². The Bertz CT molecular complexity index is 410. The summed E-state index contributed by atoms with van der Waals surface area (Å²) in [4.78, 5) is 0. The van der Waals surface area contributed by atoms with Gasteiger partial charge in [-0.2, -0.15) is 0 Å². The van der Waals surface area contributed by atoms with Gasteiger partial charge in [-0.1, -0.05) is 48.3 Å². The number of hydrogen-bond acceptors (Lipinski definition) is 0. The molecule has 0 heteroatoms. The van der Waals surface area contributed by atoms with Gasteiger partial charge < -0.3 is 0 Å². The minimum atomic E-state index is 1.11. The molecule has 0 aromatic heterocycles. The van der Waals surface area contributed by atoms with Gasteiger partial charge >= 0.3 is 0 Å². The van der Waals surface area contributed by atoms with E-state index in [0.29, 0.717) is 0 Å². The third-order valence-corrected chi connectivity index (χ3v) is 4.75. The van der Waals surface area contributed by atoms with Crippen molar-refractivity contribution in [3.05, 3.63) is 35.5 Å². The molecule has 0 aromatic rings. The molecule has 0 fully saturated rings. The van der Waals surface area contributed by atoms with E-state index in [1.807, 2.05) is 0 Å². The van der Waals surface area contributed by atoms with Crippen molar-refractivity contribution in [1.29, 1.82) is 0 Å². The SMILES string of the molecule is C1#CCCCCCC2=C(C/C=C\CC/C=C\C2)CCCCC1. The Balaban J connectivity index is 2.03. The maximum atomic E-state index is 3.35. The quantitative estimate of drug-likeness (QED) is 0.337. The van der Waals surface area contributed by atoms with E-state index < -0.39 is 0 Å². The molecule has 2 aliphatic rings. The molecular weight excluding hydrogens is 264 g/mol. The summed E-state index contributed by atoms with van der Waals surface area (Å²) in [6.07, 6.45) is 27.2. The predicted octanol–water partition coefficient (Wildman–Crippen LogP) is 6.89. The molecule has 0 saturated carbocycles. The van der Waals surface area contributed by atoms with Crippen LogP contribution >= 0.6 is 0 Å². The van der Waals surface area contributed by atoms with Crippen LogP contribution in [0.2, 0.25) is 0 Å².